The summed E-state index contributed by atoms with van der Waals surface area (Å²) < 4.78 is 0. The van der Waals surface area contributed by atoms with Gasteiger partial charge in [0.25, 0.3) is 0 Å². The van der Waals surface area contributed by atoms with Gasteiger partial charge in [0.1, 0.15) is 0 Å². The maximum atomic E-state index is 10.7. The van der Waals surface area contributed by atoms with Crippen molar-refractivity contribution in [2.45, 2.75) is 13.8 Å². The van der Waals surface area contributed by atoms with Crippen LogP contribution in [0.1, 0.15) is 11.1 Å². The lowest BCUT2D eigenvalue weighted by Gasteiger charge is -2.23. The molecular weight excluding hydrogens is 224 g/mol. The van der Waals surface area contributed by atoms with Crippen molar-refractivity contribution >= 4 is 17.8 Å². The summed E-state index contributed by atoms with van der Waals surface area (Å²) in [5.74, 6) is 0. The largest absolute Gasteiger partial charge is 0.277 e. The minimum atomic E-state index is 0.680. The van der Waals surface area contributed by atoms with Crippen LogP contribution in [0.2, 0.25) is 0 Å². The number of hydrogen-bond acceptors (Lipinski definition) is 2. The Morgan fingerprint density at radius 3 is 1.56 bits per heavy atom. The molecule has 1 N–H and O–H groups in total. The number of hydrazine groups is 1. The second kappa shape index (κ2) is 5.36. The highest BCUT2D eigenvalue weighted by Crippen LogP contribution is 2.23. The summed E-state index contributed by atoms with van der Waals surface area (Å²) in [6, 6.07) is 16.0. The first-order chi connectivity index (χ1) is 8.70. The zero-order chi connectivity index (χ0) is 13.0. The summed E-state index contributed by atoms with van der Waals surface area (Å²) in [5, 5.41) is 1.76. The van der Waals surface area contributed by atoms with Crippen LogP contribution in [-0.4, -0.2) is 6.41 Å². The first kappa shape index (κ1) is 12.2. The van der Waals surface area contributed by atoms with Gasteiger partial charge in [-0.25, -0.2) is 0 Å². The zero-order valence-electron chi connectivity index (χ0n) is 10.6. The van der Waals surface area contributed by atoms with Crippen LogP contribution >= 0.6 is 0 Å². The van der Waals surface area contributed by atoms with E-state index in [1.807, 2.05) is 62.4 Å². The average molecular weight is 240 g/mol. The molecule has 2 aromatic carbocycles. The number of benzene rings is 2. The Hall–Kier alpha value is -2.29. The molecule has 0 bridgehead atoms. The van der Waals surface area contributed by atoms with Crippen molar-refractivity contribution in [3.8, 4) is 0 Å². The van der Waals surface area contributed by atoms with Gasteiger partial charge in [-0.15, -0.1) is 0 Å². The van der Waals surface area contributed by atoms with Crippen molar-refractivity contribution in [2.75, 3.05) is 5.01 Å². The highest BCUT2D eigenvalue weighted by atomic mass is 16.1. The van der Waals surface area contributed by atoms with Gasteiger partial charge < -0.3 is 0 Å². The Morgan fingerprint density at radius 1 is 0.833 bits per heavy atom. The molecular formula is C15H16N2O. The number of nitrogens with one attached hydrogen (secondary N) is 1. The van der Waals surface area contributed by atoms with E-state index >= 15 is 0 Å². The molecule has 92 valence electrons. The quantitative estimate of drug-likeness (QED) is 0.658. The smallest absolute Gasteiger partial charge is 0.226 e. The van der Waals surface area contributed by atoms with Crippen molar-refractivity contribution < 1.29 is 4.79 Å². The Morgan fingerprint density at radius 2 is 1.22 bits per heavy atom. The van der Waals surface area contributed by atoms with Crippen molar-refractivity contribution in [3.63, 3.8) is 0 Å². The number of nitrogens with zero attached hydrogens (tertiary/aromatic N) is 1. The number of hydrogen-bond donors (Lipinski definition) is 1. The van der Waals surface area contributed by atoms with Crippen molar-refractivity contribution in [3.05, 3.63) is 59.7 Å². The summed E-state index contributed by atoms with van der Waals surface area (Å²) >= 11 is 0. The average Bonchev–Trinajstić information content (AvgIpc) is 2.39. The fourth-order valence-corrected chi connectivity index (χ4v) is 1.74. The number of aryl methyl sites for hydroxylation is 2. The minimum absolute atomic E-state index is 0.680. The highest BCUT2D eigenvalue weighted by Gasteiger charge is 2.07. The fourth-order valence-electron chi connectivity index (χ4n) is 1.74. The summed E-state index contributed by atoms with van der Waals surface area (Å²) in [6.45, 7) is 4.07. The molecule has 0 aliphatic heterocycles. The van der Waals surface area contributed by atoms with Gasteiger partial charge in [-0.3, -0.25) is 15.2 Å². The molecule has 0 fully saturated rings. The van der Waals surface area contributed by atoms with Crippen LogP contribution in [-0.2, 0) is 4.79 Å². The van der Waals surface area contributed by atoms with Crippen LogP contribution in [0.5, 0.6) is 0 Å². The normalized spacial score (nSPS) is 9.89. The van der Waals surface area contributed by atoms with Gasteiger partial charge in [-0.1, -0.05) is 35.4 Å². The molecule has 0 heterocycles. The van der Waals surface area contributed by atoms with Crippen molar-refractivity contribution in [1.29, 1.82) is 0 Å². The summed E-state index contributed by atoms with van der Waals surface area (Å²) in [4.78, 5) is 10.7. The van der Waals surface area contributed by atoms with Crippen molar-refractivity contribution in [1.82, 2.24) is 5.43 Å². The molecule has 1 amide bonds. The molecule has 0 aliphatic rings. The Labute approximate surface area is 107 Å². The van der Waals surface area contributed by atoms with Gasteiger partial charge in [0.15, 0.2) is 0 Å². The third-order valence-electron chi connectivity index (χ3n) is 2.77. The van der Waals surface area contributed by atoms with Gasteiger partial charge in [-0.05, 0) is 38.1 Å². The molecule has 0 atom stereocenters. The van der Waals surface area contributed by atoms with Crippen LogP contribution < -0.4 is 10.4 Å². The first-order valence-electron chi connectivity index (χ1n) is 5.84. The van der Waals surface area contributed by atoms with Crippen LogP contribution in [0.15, 0.2) is 48.5 Å². The Bertz CT molecular complexity index is 472. The predicted octanol–water partition coefficient (Wildman–Crippen LogP) is 3.10. The van der Waals surface area contributed by atoms with Crippen LogP contribution in [0, 0.1) is 13.8 Å². The van der Waals surface area contributed by atoms with Gasteiger partial charge in [-0.2, -0.15) is 0 Å². The predicted molar refractivity (Wildman–Crippen MR) is 73.7 cm³/mol. The lowest BCUT2D eigenvalue weighted by molar-refractivity contribution is -0.109. The maximum absolute atomic E-state index is 10.7. The van der Waals surface area contributed by atoms with Crippen LogP contribution in [0.4, 0.5) is 11.4 Å². The van der Waals surface area contributed by atoms with Gasteiger partial charge in [0, 0.05) is 0 Å². The van der Waals surface area contributed by atoms with E-state index in [1.165, 1.54) is 11.1 Å². The molecule has 3 heteroatoms. The third-order valence-corrected chi connectivity index (χ3v) is 2.77. The topological polar surface area (TPSA) is 32.3 Å². The molecule has 0 saturated heterocycles. The molecule has 18 heavy (non-hydrogen) atoms. The van der Waals surface area contributed by atoms with Gasteiger partial charge in [0.2, 0.25) is 6.41 Å². The van der Waals surface area contributed by atoms with E-state index in [0.717, 1.165) is 11.4 Å². The van der Waals surface area contributed by atoms with E-state index < -0.39 is 0 Å². The Balaban J connectivity index is 2.35. The first-order valence-corrected chi connectivity index (χ1v) is 5.84. The van der Waals surface area contributed by atoms with Gasteiger partial charge >= 0.3 is 0 Å². The SMILES string of the molecule is Cc1ccc(N(NC=O)c2ccc(C)cc2)cc1. The van der Waals surface area contributed by atoms with Crippen molar-refractivity contribution in [2.24, 2.45) is 0 Å². The number of anilines is 2. The summed E-state index contributed by atoms with van der Waals surface area (Å²) in [7, 11) is 0. The van der Waals surface area contributed by atoms with Crippen LogP contribution in [0.3, 0.4) is 0 Å². The zero-order valence-corrected chi connectivity index (χ0v) is 10.6. The standard InChI is InChI=1S/C15H16N2O/c1-12-3-7-14(8-4-12)17(16-11-18)15-9-5-13(2)6-10-15/h3-11H,1-2H3,(H,16,18). The molecule has 2 aromatic rings. The molecule has 2 rings (SSSR count). The van der Waals surface area contributed by atoms with E-state index in [0.29, 0.717) is 6.41 Å². The van der Waals surface area contributed by atoms with E-state index in [9.17, 15) is 4.79 Å². The molecule has 0 radical (unpaired) electrons. The monoisotopic (exact) mass is 240 g/mol. The molecule has 0 aliphatic carbocycles. The lowest BCUT2D eigenvalue weighted by Crippen LogP contribution is -2.32. The highest BCUT2D eigenvalue weighted by molar-refractivity contribution is 5.67. The molecule has 0 aromatic heterocycles. The lowest BCUT2D eigenvalue weighted by atomic mass is 10.2. The summed E-state index contributed by atoms with van der Waals surface area (Å²) in [6.07, 6.45) is 0.680. The maximum Gasteiger partial charge on any atom is 0.226 e. The molecule has 3 nitrogen and oxygen atoms in total. The number of rotatable bonds is 4. The fraction of sp³-hybridized carbons (Fsp3) is 0.133. The molecule has 0 spiro atoms. The van der Waals surface area contributed by atoms with E-state index in [1.54, 1.807) is 5.01 Å². The second-order valence-corrected chi connectivity index (χ2v) is 4.25. The van der Waals surface area contributed by atoms with Crippen LogP contribution in [0.25, 0.3) is 0 Å². The van der Waals surface area contributed by atoms with E-state index in [2.05, 4.69) is 5.43 Å². The van der Waals surface area contributed by atoms with Gasteiger partial charge in [0.05, 0.1) is 11.4 Å². The summed E-state index contributed by atoms with van der Waals surface area (Å²) in [5.41, 5.74) is 6.94. The minimum Gasteiger partial charge on any atom is -0.277 e. The Kier molecular flexibility index (Phi) is 3.63. The van der Waals surface area contributed by atoms with E-state index in [-0.39, 0.29) is 0 Å². The number of carbonyl (C=O) groups is 1. The molecule has 0 unspecified atom stereocenters. The second-order valence-electron chi connectivity index (χ2n) is 4.25. The number of amides is 1. The molecule has 0 saturated carbocycles. The number of carbonyl (C=O) groups excluding carboxylic acids is 1. The van der Waals surface area contributed by atoms with E-state index in [4.69, 9.17) is 0 Å². The third kappa shape index (κ3) is 2.69.